The van der Waals surface area contributed by atoms with E-state index in [0.717, 1.165) is 34.2 Å². The molecule has 8 heteroatoms. The largest absolute Gasteiger partial charge is 0.462 e. The highest BCUT2D eigenvalue weighted by atomic mass is 35.5. The van der Waals surface area contributed by atoms with Crippen LogP contribution in [-0.4, -0.2) is 12.6 Å². The molecule has 0 aliphatic rings. The third-order valence-electron chi connectivity index (χ3n) is 5.07. The van der Waals surface area contributed by atoms with E-state index in [4.69, 9.17) is 55.9 Å². The summed E-state index contributed by atoms with van der Waals surface area (Å²) in [6.45, 7) is 2.00. The van der Waals surface area contributed by atoms with E-state index in [1.165, 1.54) is 0 Å². The molecule has 0 unspecified atom stereocenters. The molecular formula is C27H18Cl4NO2S. The van der Waals surface area contributed by atoms with Crippen LogP contribution in [0, 0.1) is 0 Å². The average Bonchev–Trinajstić information content (AvgIpc) is 2.84. The second kappa shape index (κ2) is 11.6. The van der Waals surface area contributed by atoms with Crippen molar-refractivity contribution in [3.05, 3.63) is 105 Å². The Labute approximate surface area is 228 Å². The molecule has 0 amide bonds. The third kappa shape index (κ3) is 6.27. The van der Waals surface area contributed by atoms with Crippen LogP contribution in [-0.2, 0) is 4.74 Å². The highest BCUT2D eigenvalue weighted by molar-refractivity contribution is 7.97. The second-order valence-corrected chi connectivity index (χ2v) is 9.93. The number of rotatable bonds is 7. The van der Waals surface area contributed by atoms with E-state index < -0.39 is 5.97 Å². The van der Waals surface area contributed by atoms with Crippen LogP contribution in [0.5, 0.6) is 0 Å². The van der Waals surface area contributed by atoms with Crippen LogP contribution in [0.1, 0.15) is 17.3 Å². The molecule has 35 heavy (non-hydrogen) atoms. The van der Waals surface area contributed by atoms with E-state index in [2.05, 4.69) is 0 Å². The molecule has 4 rings (SSSR count). The van der Waals surface area contributed by atoms with Gasteiger partial charge in [-0.05, 0) is 78.2 Å². The van der Waals surface area contributed by atoms with Gasteiger partial charge < -0.3 is 4.74 Å². The van der Waals surface area contributed by atoms with Crippen LogP contribution < -0.4 is 4.72 Å². The topological polar surface area (TPSA) is 40.4 Å². The molecule has 0 spiro atoms. The minimum absolute atomic E-state index is 0.232. The van der Waals surface area contributed by atoms with Crippen molar-refractivity contribution < 1.29 is 9.53 Å². The van der Waals surface area contributed by atoms with Crippen molar-refractivity contribution in [2.24, 2.45) is 0 Å². The molecule has 0 N–H and O–H groups in total. The summed E-state index contributed by atoms with van der Waals surface area (Å²) in [6.07, 6.45) is 0. The summed E-state index contributed by atoms with van der Waals surface area (Å²) in [6, 6.07) is 23.7. The van der Waals surface area contributed by atoms with Crippen molar-refractivity contribution in [2.75, 3.05) is 6.61 Å². The Balaban J connectivity index is 1.88. The van der Waals surface area contributed by atoms with Gasteiger partial charge in [-0.25, -0.2) is 9.52 Å². The minimum Gasteiger partial charge on any atom is -0.462 e. The number of ether oxygens (including phenoxy) is 1. The summed E-state index contributed by atoms with van der Waals surface area (Å²) in [5, 5.41) is 2.23. The number of halogens is 4. The monoisotopic (exact) mass is 560 g/mol. The smallest absolute Gasteiger partial charge is 0.340 e. The number of carbonyl (C=O) groups excluding carboxylic acids is 1. The molecule has 4 aromatic rings. The highest BCUT2D eigenvalue weighted by Gasteiger charge is 2.22. The zero-order chi connectivity index (χ0) is 24.9. The molecule has 177 valence electrons. The lowest BCUT2D eigenvalue weighted by Crippen LogP contribution is -2.09. The number of nitrogens with zero attached hydrogens (tertiary/aromatic N) is 1. The molecule has 4 aromatic carbocycles. The van der Waals surface area contributed by atoms with Crippen LogP contribution in [0.2, 0.25) is 20.1 Å². The van der Waals surface area contributed by atoms with Gasteiger partial charge in [-0.3, -0.25) is 0 Å². The Morgan fingerprint density at radius 1 is 0.771 bits per heavy atom. The zero-order valence-corrected chi connectivity index (χ0v) is 22.2. The normalized spacial score (nSPS) is 10.8. The SMILES string of the molecule is CCOC(=O)c1cc(-c2ccc(Cl)cc2)cc(-c2ccc(Cl)cc2)c1[N]Sc1ccc(Cl)cc1Cl. The Morgan fingerprint density at radius 3 is 1.97 bits per heavy atom. The second-order valence-electron chi connectivity index (χ2n) is 7.41. The van der Waals surface area contributed by atoms with Crippen LogP contribution >= 0.6 is 58.4 Å². The van der Waals surface area contributed by atoms with Gasteiger partial charge in [0.05, 0.1) is 22.9 Å². The van der Waals surface area contributed by atoms with Gasteiger partial charge in [-0.1, -0.05) is 70.7 Å². The predicted octanol–water partition coefficient (Wildman–Crippen LogP) is 9.75. The first-order valence-corrected chi connectivity index (χ1v) is 12.8. The summed E-state index contributed by atoms with van der Waals surface area (Å²) < 4.78 is 10.1. The van der Waals surface area contributed by atoms with Crippen LogP contribution in [0.25, 0.3) is 22.3 Å². The quantitative estimate of drug-likeness (QED) is 0.166. The van der Waals surface area contributed by atoms with Gasteiger partial charge >= 0.3 is 5.97 Å². The lowest BCUT2D eigenvalue weighted by molar-refractivity contribution is 0.0527. The lowest BCUT2D eigenvalue weighted by atomic mass is 9.94. The zero-order valence-electron chi connectivity index (χ0n) is 18.4. The van der Waals surface area contributed by atoms with Crippen molar-refractivity contribution in [1.29, 1.82) is 0 Å². The number of carbonyl (C=O) groups is 1. The molecule has 0 aliphatic carbocycles. The van der Waals surface area contributed by atoms with Crippen molar-refractivity contribution in [1.82, 2.24) is 4.72 Å². The summed E-state index contributed by atoms with van der Waals surface area (Å²) >= 11 is 25.8. The van der Waals surface area contributed by atoms with Crippen LogP contribution in [0.4, 0.5) is 5.69 Å². The number of esters is 1. The third-order valence-corrected chi connectivity index (χ3v) is 7.06. The first kappa shape index (κ1) is 25.7. The summed E-state index contributed by atoms with van der Waals surface area (Å²) in [5.41, 5.74) is 4.12. The average molecular weight is 562 g/mol. The van der Waals surface area contributed by atoms with Crippen molar-refractivity contribution >= 4 is 70.0 Å². The summed E-state index contributed by atoms with van der Waals surface area (Å²) in [5.74, 6) is -0.472. The van der Waals surface area contributed by atoms with Gasteiger partial charge in [0.15, 0.2) is 0 Å². The van der Waals surface area contributed by atoms with Crippen molar-refractivity contribution in [3.8, 4) is 22.3 Å². The minimum atomic E-state index is -0.472. The van der Waals surface area contributed by atoms with E-state index >= 15 is 0 Å². The fourth-order valence-electron chi connectivity index (χ4n) is 3.40. The van der Waals surface area contributed by atoms with Gasteiger partial charge in [0.2, 0.25) is 0 Å². The van der Waals surface area contributed by atoms with Gasteiger partial charge in [-0.2, -0.15) is 0 Å². The standard InChI is InChI=1S/C27H18Cl4NO2S/c1-2-34-27(33)23-14-18(16-3-7-19(28)8-4-16)13-22(17-5-9-20(29)10-6-17)26(23)32-35-25-12-11-21(30)15-24(25)31/h3-15H,2H2,1H3. The molecule has 0 saturated carbocycles. The van der Waals surface area contributed by atoms with Gasteiger partial charge in [0, 0.05) is 37.5 Å². The molecule has 0 atom stereocenters. The van der Waals surface area contributed by atoms with Crippen LogP contribution in [0.3, 0.4) is 0 Å². The van der Waals surface area contributed by atoms with Gasteiger partial charge in [0.25, 0.3) is 0 Å². The highest BCUT2D eigenvalue weighted by Crippen LogP contribution is 2.40. The lowest BCUT2D eigenvalue weighted by Gasteiger charge is -2.17. The van der Waals surface area contributed by atoms with E-state index in [-0.39, 0.29) is 6.61 Å². The molecule has 0 heterocycles. The van der Waals surface area contributed by atoms with E-state index in [1.54, 1.807) is 55.5 Å². The molecule has 3 nitrogen and oxygen atoms in total. The molecular weight excluding hydrogens is 544 g/mol. The molecule has 1 radical (unpaired) electrons. The van der Waals surface area contributed by atoms with E-state index in [9.17, 15) is 4.79 Å². The fourth-order valence-corrected chi connectivity index (χ4v) is 4.83. The Morgan fingerprint density at radius 2 is 1.37 bits per heavy atom. The van der Waals surface area contributed by atoms with Crippen molar-refractivity contribution in [2.45, 2.75) is 11.8 Å². The van der Waals surface area contributed by atoms with E-state index in [1.807, 2.05) is 30.3 Å². The number of hydrogen-bond donors (Lipinski definition) is 0. The fraction of sp³-hybridized carbons (Fsp3) is 0.0741. The Bertz CT molecular complexity index is 1360. The van der Waals surface area contributed by atoms with Gasteiger partial charge in [0.1, 0.15) is 0 Å². The van der Waals surface area contributed by atoms with Gasteiger partial charge in [-0.15, -0.1) is 0 Å². The maximum Gasteiger partial charge on any atom is 0.340 e. The predicted molar refractivity (Wildman–Crippen MR) is 147 cm³/mol. The molecule has 0 fully saturated rings. The maximum absolute atomic E-state index is 13.1. The van der Waals surface area contributed by atoms with Crippen LogP contribution in [0.15, 0.2) is 83.8 Å². The molecule has 0 bridgehead atoms. The summed E-state index contributed by atoms with van der Waals surface area (Å²) in [7, 11) is 0. The molecule has 0 saturated heterocycles. The first-order valence-electron chi connectivity index (χ1n) is 10.6. The first-order chi connectivity index (χ1) is 16.9. The Hall–Kier alpha value is -2.34. The Kier molecular flexibility index (Phi) is 8.53. The number of benzene rings is 4. The summed E-state index contributed by atoms with van der Waals surface area (Å²) in [4.78, 5) is 13.8. The van der Waals surface area contributed by atoms with E-state index in [0.29, 0.717) is 36.2 Å². The number of hydrogen-bond acceptors (Lipinski definition) is 3. The molecule has 0 aliphatic heterocycles. The maximum atomic E-state index is 13.1. The molecule has 0 aromatic heterocycles. The van der Waals surface area contributed by atoms with Crippen molar-refractivity contribution in [3.63, 3.8) is 0 Å².